The first kappa shape index (κ1) is 13.4. The number of fused-ring (bicyclic) bond motifs is 2. The Bertz CT molecular complexity index is 868. The first-order chi connectivity index (χ1) is 11.3. The van der Waals surface area contributed by atoms with Gasteiger partial charge in [0.05, 0.1) is 19.0 Å². The molecule has 5 rings (SSSR count). The van der Waals surface area contributed by atoms with E-state index in [-0.39, 0.29) is 18.6 Å². The summed E-state index contributed by atoms with van der Waals surface area (Å²) in [6, 6.07) is 2.89. The van der Waals surface area contributed by atoms with Gasteiger partial charge in [0.1, 0.15) is 11.8 Å². The van der Waals surface area contributed by atoms with Crippen LogP contribution in [0.2, 0.25) is 0 Å². The standard InChI is InChI=1S/C16H17N5OS/c22-6-9-5-12(11-3-4-23-14(9)11)21-8-19-13-15(20-10-1-2-10)17-7-18-16(13)21/h3-4,7-10,12,22H,1-2,5-6H2,(H,17,18,20)/t9-,12?/m1/s1. The normalized spacial score (nSPS) is 23.3. The summed E-state index contributed by atoms with van der Waals surface area (Å²) < 4.78 is 2.14. The summed E-state index contributed by atoms with van der Waals surface area (Å²) in [5.41, 5.74) is 3.00. The van der Waals surface area contributed by atoms with Gasteiger partial charge in [0.25, 0.3) is 0 Å². The molecule has 7 heteroatoms. The Kier molecular flexibility index (Phi) is 2.93. The van der Waals surface area contributed by atoms with E-state index in [2.05, 4.69) is 36.3 Å². The molecule has 0 saturated heterocycles. The van der Waals surface area contributed by atoms with Crippen molar-refractivity contribution < 1.29 is 5.11 Å². The number of nitrogens with zero attached hydrogens (tertiary/aromatic N) is 4. The summed E-state index contributed by atoms with van der Waals surface area (Å²) in [7, 11) is 0. The summed E-state index contributed by atoms with van der Waals surface area (Å²) in [6.07, 6.45) is 6.78. The third-order valence-corrected chi connectivity index (χ3v) is 5.89. The van der Waals surface area contributed by atoms with Crippen molar-refractivity contribution in [1.29, 1.82) is 0 Å². The molecule has 2 N–H and O–H groups in total. The Balaban J connectivity index is 1.59. The van der Waals surface area contributed by atoms with E-state index >= 15 is 0 Å². The van der Waals surface area contributed by atoms with Gasteiger partial charge in [0.2, 0.25) is 0 Å². The molecular weight excluding hydrogens is 310 g/mol. The highest BCUT2D eigenvalue weighted by atomic mass is 32.1. The second-order valence-electron chi connectivity index (χ2n) is 6.34. The molecule has 1 saturated carbocycles. The van der Waals surface area contributed by atoms with Crippen LogP contribution in [0.25, 0.3) is 11.2 Å². The van der Waals surface area contributed by atoms with Crippen LogP contribution in [-0.2, 0) is 0 Å². The van der Waals surface area contributed by atoms with E-state index in [4.69, 9.17) is 0 Å². The van der Waals surface area contributed by atoms with Gasteiger partial charge in [-0.15, -0.1) is 11.3 Å². The molecule has 1 fully saturated rings. The Hall–Kier alpha value is -1.99. The highest BCUT2D eigenvalue weighted by Gasteiger charge is 2.34. The highest BCUT2D eigenvalue weighted by molar-refractivity contribution is 7.10. The minimum atomic E-state index is 0.195. The average molecular weight is 327 g/mol. The summed E-state index contributed by atoms with van der Waals surface area (Å²) >= 11 is 1.73. The number of aliphatic hydroxyl groups excluding tert-OH is 1. The van der Waals surface area contributed by atoms with Crippen LogP contribution in [0.3, 0.4) is 0 Å². The number of aliphatic hydroxyl groups is 1. The van der Waals surface area contributed by atoms with Crippen molar-refractivity contribution >= 4 is 28.3 Å². The molecule has 0 bridgehead atoms. The van der Waals surface area contributed by atoms with E-state index < -0.39 is 0 Å². The minimum absolute atomic E-state index is 0.195. The van der Waals surface area contributed by atoms with Crippen LogP contribution in [0.15, 0.2) is 24.1 Å². The number of rotatable bonds is 4. The second kappa shape index (κ2) is 5.01. The van der Waals surface area contributed by atoms with Crippen LogP contribution in [0, 0.1) is 0 Å². The number of nitrogens with one attached hydrogen (secondary N) is 1. The molecule has 3 aromatic heterocycles. The average Bonchev–Trinajstić information content (AvgIpc) is 3.00. The Morgan fingerprint density at radius 2 is 2.22 bits per heavy atom. The van der Waals surface area contributed by atoms with Crippen molar-refractivity contribution in [3.63, 3.8) is 0 Å². The smallest absolute Gasteiger partial charge is 0.166 e. The van der Waals surface area contributed by atoms with Gasteiger partial charge in [0, 0.05) is 16.8 Å². The lowest BCUT2D eigenvalue weighted by Crippen LogP contribution is -2.09. The number of thiophene rings is 1. The molecule has 3 aromatic rings. The zero-order valence-electron chi connectivity index (χ0n) is 12.5. The fourth-order valence-corrected chi connectivity index (χ4v) is 4.53. The largest absolute Gasteiger partial charge is 0.396 e. The second-order valence-corrected chi connectivity index (χ2v) is 7.28. The van der Waals surface area contributed by atoms with Crippen LogP contribution in [-0.4, -0.2) is 37.3 Å². The molecule has 2 aliphatic rings. The lowest BCUT2D eigenvalue weighted by Gasteiger charge is -2.14. The fourth-order valence-electron chi connectivity index (χ4n) is 3.47. The maximum atomic E-state index is 9.66. The predicted octanol–water partition coefficient (Wildman–Crippen LogP) is 2.53. The number of hydrogen-bond acceptors (Lipinski definition) is 6. The molecule has 0 radical (unpaired) electrons. The zero-order chi connectivity index (χ0) is 15.4. The van der Waals surface area contributed by atoms with E-state index in [1.807, 2.05) is 6.33 Å². The minimum Gasteiger partial charge on any atom is -0.396 e. The third kappa shape index (κ3) is 2.07. The predicted molar refractivity (Wildman–Crippen MR) is 88.9 cm³/mol. The fraction of sp³-hybridized carbons (Fsp3) is 0.438. The number of aromatic nitrogens is 4. The van der Waals surface area contributed by atoms with E-state index in [0.717, 1.165) is 23.4 Å². The molecule has 118 valence electrons. The summed E-state index contributed by atoms with van der Waals surface area (Å²) in [5.74, 6) is 1.05. The van der Waals surface area contributed by atoms with Gasteiger partial charge in [-0.3, -0.25) is 0 Å². The van der Waals surface area contributed by atoms with Crippen molar-refractivity contribution in [2.45, 2.75) is 37.3 Å². The lowest BCUT2D eigenvalue weighted by molar-refractivity contribution is 0.260. The molecule has 2 atom stereocenters. The summed E-state index contributed by atoms with van der Waals surface area (Å²) in [5, 5.41) is 15.2. The molecule has 3 heterocycles. The van der Waals surface area contributed by atoms with Crippen molar-refractivity contribution in [3.8, 4) is 0 Å². The molecule has 0 spiro atoms. The first-order valence-corrected chi connectivity index (χ1v) is 8.85. The summed E-state index contributed by atoms with van der Waals surface area (Å²) in [4.78, 5) is 14.7. The molecular formula is C16H17N5OS. The summed E-state index contributed by atoms with van der Waals surface area (Å²) in [6.45, 7) is 0.195. The van der Waals surface area contributed by atoms with Crippen molar-refractivity contribution in [2.75, 3.05) is 11.9 Å². The van der Waals surface area contributed by atoms with Gasteiger partial charge in [-0.1, -0.05) is 0 Å². The molecule has 6 nitrogen and oxygen atoms in total. The molecule has 1 unspecified atom stereocenters. The van der Waals surface area contributed by atoms with E-state index in [1.54, 1.807) is 17.7 Å². The molecule has 0 aromatic carbocycles. The maximum absolute atomic E-state index is 9.66. The number of anilines is 1. The van der Waals surface area contributed by atoms with Crippen LogP contribution < -0.4 is 5.32 Å². The third-order valence-electron chi connectivity index (χ3n) is 4.80. The maximum Gasteiger partial charge on any atom is 0.166 e. The van der Waals surface area contributed by atoms with Gasteiger partial charge in [0.15, 0.2) is 11.5 Å². The van der Waals surface area contributed by atoms with Gasteiger partial charge in [-0.25, -0.2) is 15.0 Å². The van der Waals surface area contributed by atoms with Gasteiger partial charge < -0.3 is 15.0 Å². The number of hydrogen-bond donors (Lipinski definition) is 2. The van der Waals surface area contributed by atoms with E-state index in [9.17, 15) is 5.11 Å². The highest BCUT2D eigenvalue weighted by Crippen LogP contribution is 2.46. The molecule has 0 aliphatic heterocycles. The van der Waals surface area contributed by atoms with Crippen LogP contribution in [0.1, 0.15) is 41.7 Å². The Morgan fingerprint density at radius 1 is 1.30 bits per heavy atom. The lowest BCUT2D eigenvalue weighted by atomic mass is 10.1. The molecule has 0 amide bonds. The van der Waals surface area contributed by atoms with Gasteiger partial charge in [-0.2, -0.15) is 0 Å². The van der Waals surface area contributed by atoms with Crippen LogP contribution in [0.5, 0.6) is 0 Å². The van der Waals surface area contributed by atoms with Crippen LogP contribution >= 0.6 is 11.3 Å². The molecule has 2 aliphatic carbocycles. The van der Waals surface area contributed by atoms with Gasteiger partial charge in [-0.05, 0) is 36.3 Å². The first-order valence-electron chi connectivity index (χ1n) is 7.97. The van der Waals surface area contributed by atoms with Crippen molar-refractivity contribution in [3.05, 3.63) is 34.5 Å². The Labute approximate surface area is 137 Å². The number of imidazole rings is 1. The topological polar surface area (TPSA) is 75.9 Å². The quantitative estimate of drug-likeness (QED) is 0.770. The molecule has 23 heavy (non-hydrogen) atoms. The van der Waals surface area contributed by atoms with Crippen molar-refractivity contribution in [2.24, 2.45) is 0 Å². The SMILES string of the molecule is OC[C@H]1CC(n2cnc3c(NC4CC4)ncnc32)c2ccsc21. The van der Waals surface area contributed by atoms with E-state index in [1.165, 1.54) is 23.3 Å². The Morgan fingerprint density at radius 3 is 3.04 bits per heavy atom. The van der Waals surface area contributed by atoms with Gasteiger partial charge >= 0.3 is 0 Å². The van der Waals surface area contributed by atoms with Crippen molar-refractivity contribution in [1.82, 2.24) is 19.5 Å². The van der Waals surface area contributed by atoms with E-state index in [0.29, 0.717) is 6.04 Å². The monoisotopic (exact) mass is 327 g/mol. The zero-order valence-corrected chi connectivity index (χ0v) is 13.3. The van der Waals surface area contributed by atoms with Crippen LogP contribution in [0.4, 0.5) is 5.82 Å².